The number of anilines is 1. The van der Waals surface area contributed by atoms with Crippen LogP contribution in [0.3, 0.4) is 0 Å². The van der Waals surface area contributed by atoms with Gasteiger partial charge in [-0.3, -0.25) is 4.79 Å². The molecule has 0 saturated heterocycles. The van der Waals surface area contributed by atoms with Crippen molar-refractivity contribution in [3.8, 4) is 5.75 Å². The van der Waals surface area contributed by atoms with Crippen LogP contribution in [0.15, 0.2) is 48.5 Å². The highest BCUT2D eigenvalue weighted by Crippen LogP contribution is 2.21. The Bertz CT molecular complexity index is 609. The first-order valence-electron chi connectivity index (χ1n) is 6.90. The molecule has 0 saturated carbocycles. The lowest BCUT2D eigenvalue weighted by atomic mass is 10.1. The van der Waals surface area contributed by atoms with Gasteiger partial charge >= 0.3 is 0 Å². The molecule has 2 rings (SSSR count). The topological polar surface area (TPSA) is 64.3 Å². The molecule has 2 aromatic rings. The molecule has 3 N–H and O–H groups in total. The van der Waals surface area contributed by atoms with E-state index in [9.17, 15) is 4.79 Å². The number of amides is 1. The van der Waals surface area contributed by atoms with Crippen LogP contribution < -0.4 is 15.8 Å². The molecule has 1 atom stereocenters. The quantitative estimate of drug-likeness (QED) is 0.887. The van der Waals surface area contributed by atoms with Crippen LogP contribution in [0.5, 0.6) is 5.75 Å². The average molecular weight is 284 g/mol. The molecule has 0 bridgehead atoms. The molecule has 4 heteroatoms. The normalized spacial score (nSPS) is 11.8. The van der Waals surface area contributed by atoms with Crippen molar-refractivity contribution in [3.05, 3.63) is 59.7 Å². The number of carbonyl (C=O) groups is 1. The molecule has 0 aliphatic heterocycles. The van der Waals surface area contributed by atoms with Crippen molar-refractivity contribution < 1.29 is 9.53 Å². The number of ether oxygens (including phenoxy) is 1. The first-order valence-corrected chi connectivity index (χ1v) is 6.90. The van der Waals surface area contributed by atoms with Crippen molar-refractivity contribution in [2.75, 3.05) is 11.9 Å². The molecule has 0 spiro atoms. The minimum atomic E-state index is -0.183. The summed E-state index contributed by atoms with van der Waals surface area (Å²) in [5.41, 5.74) is 8.61. The van der Waals surface area contributed by atoms with E-state index in [0.717, 1.165) is 16.8 Å². The summed E-state index contributed by atoms with van der Waals surface area (Å²) in [6.07, 6.45) is 0. The zero-order chi connectivity index (χ0) is 15.2. The Hall–Kier alpha value is -2.33. The number of nitrogens with one attached hydrogen (secondary N) is 1. The lowest BCUT2D eigenvalue weighted by Gasteiger charge is -2.12. The van der Waals surface area contributed by atoms with Crippen LogP contribution in [0.2, 0.25) is 0 Å². The highest BCUT2D eigenvalue weighted by atomic mass is 16.5. The summed E-state index contributed by atoms with van der Waals surface area (Å²) in [4.78, 5) is 11.8. The number of benzene rings is 2. The zero-order valence-electron chi connectivity index (χ0n) is 12.3. The fourth-order valence-electron chi connectivity index (χ4n) is 1.98. The van der Waals surface area contributed by atoms with Gasteiger partial charge in [0.05, 0.1) is 0 Å². The van der Waals surface area contributed by atoms with Gasteiger partial charge in [0.15, 0.2) is 6.61 Å². The third-order valence-corrected chi connectivity index (χ3v) is 3.14. The standard InChI is InChI=1S/C17H20N2O2/c1-12-10-14(13(2)18)8-9-16(12)21-11-17(20)19-15-6-4-3-5-7-15/h3-10,13H,11,18H2,1-2H3,(H,19,20). The number of aryl methyl sites for hydroxylation is 1. The molecule has 0 aromatic heterocycles. The van der Waals surface area contributed by atoms with Crippen molar-refractivity contribution in [2.45, 2.75) is 19.9 Å². The van der Waals surface area contributed by atoms with E-state index in [1.807, 2.05) is 62.4 Å². The van der Waals surface area contributed by atoms with Gasteiger partial charge in [-0.2, -0.15) is 0 Å². The van der Waals surface area contributed by atoms with Crippen molar-refractivity contribution >= 4 is 11.6 Å². The number of rotatable bonds is 5. The predicted molar refractivity (Wildman–Crippen MR) is 84.3 cm³/mol. The SMILES string of the molecule is Cc1cc(C(C)N)ccc1OCC(=O)Nc1ccccc1. The second-order valence-corrected chi connectivity index (χ2v) is 5.02. The van der Waals surface area contributed by atoms with Gasteiger partial charge in [-0.15, -0.1) is 0 Å². The molecule has 1 unspecified atom stereocenters. The summed E-state index contributed by atoms with van der Waals surface area (Å²) < 4.78 is 5.55. The van der Waals surface area contributed by atoms with E-state index in [1.54, 1.807) is 0 Å². The molecule has 4 nitrogen and oxygen atoms in total. The smallest absolute Gasteiger partial charge is 0.262 e. The first-order chi connectivity index (χ1) is 10.1. The minimum absolute atomic E-state index is 0.0147. The van der Waals surface area contributed by atoms with E-state index in [1.165, 1.54) is 0 Å². The molecule has 1 amide bonds. The van der Waals surface area contributed by atoms with Crippen molar-refractivity contribution in [2.24, 2.45) is 5.73 Å². The summed E-state index contributed by atoms with van der Waals surface area (Å²) in [7, 11) is 0. The first kappa shape index (κ1) is 15.1. The van der Waals surface area contributed by atoms with Gasteiger partial charge in [0.25, 0.3) is 5.91 Å². The fourth-order valence-corrected chi connectivity index (χ4v) is 1.98. The van der Waals surface area contributed by atoms with Crippen LogP contribution in [0.1, 0.15) is 24.1 Å². The fraction of sp³-hybridized carbons (Fsp3) is 0.235. The second-order valence-electron chi connectivity index (χ2n) is 5.02. The third-order valence-electron chi connectivity index (χ3n) is 3.14. The molecule has 0 aliphatic carbocycles. The maximum absolute atomic E-state index is 11.8. The van der Waals surface area contributed by atoms with Gasteiger partial charge in [-0.1, -0.05) is 30.3 Å². The van der Waals surface area contributed by atoms with E-state index >= 15 is 0 Å². The van der Waals surface area contributed by atoms with Crippen LogP contribution in [-0.2, 0) is 4.79 Å². The van der Waals surface area contributed by atoms with Gasteiger partial charge in [0.2, 0.25) is 0 Å². The number of hydrogen-bond donors (Lipinski definition) is 2. The van der Waals surface area contributed by atoms with Gasteiger partial charge in [-0.25, -0.2) is 0 Å². The molecule has 110 valence electrons. The van der Waals surface area contributed by atoms with E-state index in [2.05, 4.69) is 5.32 Å². The lowest BCUT2D eigenvalue weighted by molar-refractivity contribution is -0.118. The summed E-state index contributed by atoms with van der Waals surface area (Å²) in [5.74, 6) is 0.513. The Morgan fingerprint density at radius 3 is 2.57 bits per heavy atom. The molecule has 21 heavy (non-hydrogen) atoms. The van der Waals surface area contributed by atoms with E-state index < -0.39 is 0 Å². The molecular weight excluding hydrogens is 264 g/mol. The Balaban J connectivity index is 1.92. The number of carbonyl (C=O) groups excluding carboxylic acids is 1. The summed E-state index contributed by atoms with van der Waals surface area (Å²) >= 11 is 0. The van der Waals surface area contributed by atoms with Crippen molar-refractivity contribution in [1.82, 2.24) is 0 Å². The summed E-state index contributed by atoms with van der Waals surface area (Å²) in [6.45, 7) is 3.85. The Morgan fingerprint density at radius 1 is 1.24 bits per heavy atom. The predicted octanol–water partition coefficient (Wildman–Crippen LogP) is 3.03. The zero-order valence-corrected chi connectivity index (χ0v) is 12.3. The number of nitrogens with two attached hydrogens (primary N) is 1. The van der Waals surface area contributed by atoms with Gasteiger partial charge in [-0.05, 0) is 43.2 Å². The monoisotopic (exact) mass is 284 g/mol. The maximum Gasteiger partial charge on any atom is 0.262 e. The largest absolute Gasteiger partial charge is 0.483 e. The Labute approximate surface area is 124 Å². The molecule has 0 radical (unpaired) electrons. The Morgan fingerprint density at radius 2 is 1.95 bits per heavy atom. The van der Waals surface area contributed by atoms with E-state index in [0.29, 0.717) is 5.75 Å². The average Bonchev–Trinajstić information content (AvgIpc) is 2.47. The third kappa shape index (κ3) is 4.33. The Kier molecular flexibility index (Phi) is 4.95. The second kappa shape index (κ2) is 6.90. The molecule has 0 aliphatic rings. The highest BCUT2D eigenvalue weighted by molar-refractivity contribution is 5.91. The number of para-hydroxylation sites is 1. The number of hydrogen-bond acceptors (Lipinski definition) is 3. The maximum atomic E-state index is 11.8. The van der Waals surface area contributed by atoms with Gasteiger partial charge in [0.1, 0.15) is 5.75 Å². The van der Waals surface area contributed by atoms with Crippen LogP contribution in [-0.4, -0.2) is 12.5 Å². The molecular formula is C17H20N2O2. The highest BCUT2D eigenvalue weighted by Gasteiger charge is 2.07. The van der Waals surface area contributed by atoms with Crippen LogP contribution >= 0.6 is 0 Å². The van der Waals surface area contributed by atoms with E-state index in [-0.39, 0.29) is 18.6 Å². The van der Waals surface area contributed by atoms with Gasteiger partial charge < -0.3 is 15.8 Å². The van der Waals surface area contributed by atoms with Crippen LogP contribution in [0.25, 0.3) is 0 Å². The van der Waals surface area contributed by atoms with Crippen LogP contribution in [0, 0.1) is 6.92 Å². The van der Waals surface area contributed by atoms with Crippen molar-refractivity contribution in [1.29, 1.82) is 0 Å². The van der Waals surface area contributed by atoms with E-state index in [4.69, 9.17) is 10.5 Å². The molecule has 2 aromatic carbocycles. The summed E-state index contributed by atoms with van der Waals surface area (Å²) in [6, 6.07) is 15.0. The van der Waals surface area contributed by atoms with Crippen LogP contribution in [0.4, 0.5) is 5.69 Å². The molecule has 0 fully saturated rings. The molecule has 0 heterocycles. The summed E-state index contributed by atoms with van der Waals surface area (Å²) in [5, 5.41) is 2.78. The van der Waals surface area contributed by atoms with Gasteiger partial charge in [0, 0.05) is 11.7 Å². The minimum Gasteiger partial charge on any atom is -0.483 e. The lowest BCUT2D eigenvalue weighted by Crippen LogP contribution is -2.20. The van der Waals surface area contributed by atoms with Crippen molar-refractivity contribution in [3.63, 3.8) is 0 Å².